The van der Waals surface area contributed by atoms with Gasteiger partial charge in [0, 0.05) is 11.7 Å². The number of unbranched alkanes of at least 4 members (excludes halogenated alkanes) is 3. The van der Waals surface area contributed by atoms with Gasteiger partial charge in [-0.2, -0.15) is 0 Å². The lowest BCUT2D eigenvalue weighted by atomic mass is 10.1. The van der Waals surface area contributed by atoms with Crippen LogP contribution in [0.1, 0.15) is 60.3 Å². The monoisotopic (exact) mass is 332 g/mol. The summed E-state index contributed by atoms with van der Waals surface area (Å²) >= 11 is 0. The maximum atomic E-state index is 13.0. The molecule has 0 aromatic rings. The van der Waals surface area contributed by atoms with E-state index in [1.54, 1.807) is 6.92 Å². The number of rotatable bonds is 12. The summed E-state index contributed by atoms with van der Waals surface area (Å²) in [5.41, 5.74) is 0.510. The number of ether oxygens (including phenoxy) is 1. The lowest BCUT2D eigenvalue weighted by Crippen LogP contribution is -2.14. The van der Waals surface area contributed by atoms with Gasteiger partial charge in [-0.3, -0.25) is 4.57 Å². The molecule has 0 N–H and O–H groups in total. The highest BCUT2D eigenvalue weighted by Gasteiger charge is 2.28. The SMILES string of the molecule is CCCCC/C=C(/CP(=O)(CC(C)C)OCC)C(=O)OCC. The first-order chi connectivity index (χ1) is 10.4. The van der Waals surface area contributed by atoms with E-state index in [0.29, 0.717) is 24.9 Å². The highest BCUT2D eigenvalue weighted by Crippen LogP contribution is 2.50. The predicted molar refractivity (Wildman–Crippen MR) is 92.7 cm³/mol. The zero-order valence-corrected chi connectivity index (χ0v) is 15.8. The molecule has 0 aliphatic carbocycles. The molecule has 0 aromatic heterocycles. The van der Waals surface area contributed by atoms with Crippen molar-refractivity contribution in [3.63, 3.8) is 0 Å². The minimum Gasteiger partial charge on any atom is -0.463 e. The number of carbonyl (C=O) groups is 1. The van der Waals surface area contributed by atoms with Crippen LogP contribution in [0.5, 0.6) is 0 Å². The van der Waals surface area contributed by atoms with Crippen molar-refractivity contribution in [2.45, 2.75) is 60.3 Å². The molecule has 22 heavy (non-hydrogen) atoms. The maximum absolute atomic E-state index is 13.0. The third-order valence-electron chi connectivity index (χ3n) is 3.15. The third-order valence-corrected chi connectivity index (χ3v) is 5.99. The second kappa shape index (κ2) is 11.9. The van der Waals surface area contributed by atoms with Crippen molar-refractivity contribution >= 4 is 13.3 Å². The lowest BCUT2D eigenvalue weighted by Gasteiger charge is -2.20. The predicted octanol–water partition coefficient (Wildman–Crippen LogP) is 5.03. The van der Waals surface area contributed by atoms with Crippen molar-refractivity contribution < 1.29 is 18.6 Å². The van der Waals surface area contributed by atoms with Crippen molar-refractivity contribution in [3.05, 3.63) is 11.6 Å². The Hall–Kier alpha value is -0.600. The van der Waals surface area contributed by atoms with E-state index in [1.165, 1.54) is 0 Å². The summed E-state index contributed by atoms with van der Waals surface area (Å²) in [6, 6.07) is 0. The molecule has 1 unspecified atom stereocenters. The van der Waals surface area contributed by atoms with Crippen LogP contribution in [0.15, 0.2) is 11.6 Å². The third kappa shape index (κ3) is 9.42. The molecule has 130 valence electrons. The van der Waals surface area contributed by atoms with Crippen LogP contribution in [-0.2, 0) is 18.6 Å². The summed E-state index contributed by atoms with van der Waals surface area (Å²) in [5.74, 6) is -0.0939. The quantitative estimate of drug-likeness (QED) is 0.218. The van der Waals surface area contributed by atoms with E-state index in [-0.39, 0.29) is 18.0 Å². The number of esters is 1. The number of carbonyl (C=O) groups excluding carboxylic acids is 1. The zero-order chi connectivity index (χ0) is 17.0. The molecule has 4 nitrogen and oxygen atoms in total. The summed E-state index contributed by atoms with van der Waals surface area (Å²) < 4.78 is 23.6. The molecule has 0 aromatic carbocycles. The molecular weight excluding hydrogens is 299 g/mol. The topological polar surface area (TPSA) is 52.6 Å². The minimum absolute atomic E-state index is 0.185. The van der Waals surface area contributed by atoms with Gasteiger partial charge in [-0.25, -0.2) is 4.79 Å². The fourth-order valence-electron chi connectivity index (χ4n) is 2.32. The van der Waals surface area contributed by atoms with Crippen LogP contribution >= 0.6 is 7.37 Å². The van der Waals surface area contributed by atoms with Gasteiger partial charge in [0.15, 0.2) is 0 Å². The number of allylic oxidation sites excluding steroid dienone is 1. The molecule has 1 atom stereocenters. The molecule has 5 heteroatoms. The Morgan fingerprint density at radius 3 is 2.32 bits per heavy atom. The van der Waals surface area contributed by atoms with Crippen molar-refractivity contribution in [2.75, 3.05) is 25.5 Å². The van der Waals surface area contributed by atoms with Crippen molar-refractivity contribution in [2.24, 2.45) is 5.92 Å². The number of hydrogen-bond donors (Lipinski definition) is 0. The average molecular weight is 332 g/mol. The molecule has 0 spiro atoms. The van der Waals surface area contributed by atoms with Gasteiger partial charge in [0.2, 0.25) is 7.37 Å². The zero-order valence-electron chi connectivity index (χ0n) is 14.9. The van der Waals surface area contributed by atoms with E-state index in [2.05, 4.69) is 6.92 Å². The summed E-state index contributed by atoms with van der Waals surface area (Å²) in [5, 5.41) is 0. The van der Waals surface area contributed by atoms with Crippen LogP contribution in [0.2, 0.25) is 0 Å². The first kappa shape index (κ1) is 21.4. The Kier molecular flexibility index (Phi) is 11.6. The Labute approximate surface area is 136 Å². The molecule has 0 aliphatic rings. The van der Waals surface area contributed by atoms with Gasteiger partial charge in [-0.1, -0.05) is 39.7 Å². The molecule has 0 aliphatic heterocycles. The van der Waals surface area contributed by atoms with E-state index in [0.717, 1.165) is 25.7 Å². The Morgan fingerprint density at radius 1 is 1.14 bits per heavy atom. The normalized spacial score (nSPS) is 14.9. The highest BCUT2D eigenvalue weighted by molar-refractivity contribution is 7.59. The van der Waals surface area contributed by atoms with E-state index < -0.39 is 7.37 Å². The summed E-state index contributed by atoms with van der Waals surface area (Å²) in [6.45, 7) is 10.5. The van der Waals surface area contributed by atoms with Crippen LogP contribution in [0.25, 0.3) is 0 Å². The molecule has 0 bridgehead atoms. The summed E-state index contributed by atoms with van der Waals surface area (Å²) in [4.78, 5) is 12.1. The van der Waals surface area contributed by atoms with E-state index in [4.69, 9.17) is 9.26 Å². The number of hydrogen-bond acceptors (Lipinski definition) is 4. The second-order valence-electron chi connectivity index (χ2n) is 5.91. The first-order valence-electron chi connectivity index (χ1n) is 8.47. The Morgan fingerprint density at radius 2 is 1.82 bits per heavy atom. The van der Waals surface area contributed by atoms with Crippen molar-refractivity contribution in [1.82, 2.24) is 0 Å². The summed E-state index contributed by atoms with van der Waals surface area (Å²) in [7, 11) is -2.83. The molecule has 0 heterocycles. The first-order valence-corrected chi connectivity index (χ1v) is 10.5. The largest absolute Gasteiger partial charge is 0.463 e. The van der Waals surface area contributed by atoms with E-state index in [1.807, 2.05) is 26.8 Å². The smallest absolute Gasteiger partial charge is 0.334 e. The van der Waals surface area contributed by atoms with Gasteiger partial charge in [-0.15, -0.1) is 0 Å². The fourth-order valence-corrected chi connectivity index (χ4v) is 5.01. The average Bonchev–Trinajstić information content (AvgIpc) is 2.41. The van der Waals surface area contributed by atoms with E-state index >= 15 is 0 Å². The van der Waals surface area contributed by atoms with Gasteiger partial charge in [-0.05, 0) is 32.6 Å². The van der Waals surface area contributed by atoms with Gasteiger partial charge >= 0.3 is 5.97 Å². The van der Waals surface area contributed by atoms with Crippen LogP contribution in [0.3, 0.4) is 0 Å². The fraction of sp³-hybridized carbons (Fsp3) is 0.824. The molecule has 0 rings (SSSR count). The van der Waals surface area contributed by atoms with Crippen molar-refractivity contribution in [3.8, 4) is 0 Å². The van der Waals surface area contributed by atoms with Crippen LogP contribution in [-0.4, -0.2) is 31.5 Å². The summed E-state index contributed by atoms with van der Waals surface area (Å²) in [6.07, 6.45) is 6.67. The van der Waals surface area contributed by atoms with Gasteiger partial charge in [0.1, 0.15) is 0 Å². The second-order valence-corrected chi connectivity index (χ2v) is 8.48. The van der Waals surface area contributed by atoms with E-state index in [9.17, 15) is 9.36 Å². The molecular formula is C17H33O4P. The molecule has 0 amide bonds. The lowest BCUT2D eigenvalue weighted by molar-refractivity contribution is -0.138. The standard InChI is InChI=1S/C17H33O4P/c1-6-9-10-11-12-16(17(18)20-7-2)14-22(19,21-8-3)13-15(4)5/h12,15H,6-11,13-14H2,1-5H3/b16-12-. The highest BCUT2D eigenvalue weighted by atomic mass is 31.2. The maximum Gasteiger partial charge on any atom is 0.334 e. The van der Waals surface area contributed by atoms with Crippen molar-refractivity contribution in [1.29, 1.82) is 0 Å². The molecule has 0 saturated heterocycles. The van der Waals surface area contributed by atoms with Crippen LogP contribution < -0.4 is 0 Å². The Balaban J connectivity index is 5.04. The molecule has 0 radical (unpaired) electrons. The minimum atomic E-state index is -2.83. The van der Waals surface area contributed by atoms with Gasteiger partial charge in [0.05, 0.1) is 19.4 Å². The van der Waals surface area contributed by atoms with Gasteiger partial charge in [0.25, 0.3) is 0 Å². The van der Waals surface area contributed by atoms with Crippen LogP contribution in [0, 0.1) is 5.92 Å². The molecule has 0 fully saturated rings. The Bertz CT molecular complexity index is 388. The molecule has 0 saturated carbocycles. The van der Waals surface area contributed by atoms with Crippen LogP contribution in [0.4, 0.5) is 0 Å². The van der Waals surface area contributed by atoms with Gasteiger partial charge < -0.3 is 9.26 Å².